The molecule has 2 aromatic heterocycles. The average Bonchev–Trinajstić information content (AvgIpc) is 3.13. The van der Waals surface area contributed by atoms with Gasteiger partial charge in [0.1, 0.15) is 11.3 Å². The summed E-state index contributed by atoms with van der Waals surface area (Å²) in [4.78, 5) is 7.57. The van der Waals surface area contributed by atoms with Crippen LogP contribution < -0.4 is 4.74 Å². The van der Waals surface area contributed by atoms with E-state index in [0.29, 0.717) is 0 Å². The summed E-state index contributed by atoms with van der Waals surface area (Å²) in [6.45, 7) is 0. The van der Waals surface area contributed by atoms with Gasteiger partial charge in [-0.1, -0.05) is 6.07 Å². The molecule has 1 N–H and O–H groups in total. The fourth-order valence-corrected chi connectivity index (χ4v) is 2.74. The number of methoxy groups -OCH3 is 1. The van der Waals surface area contributed by atoms with Crippen molar-refractivity contribution >= 4 is 21.9 Å². The van der Waals surface area contributed by atoms with Crippen molar-refractivity contribution in [3.05, 3.63) is 42.9 Å². The van der Waals surface area contributed by atoms with Crippen LogP contribution in [0.2, 0.25) is 0 Å². The lowest BCUT2D eigenvalue weighted by Gasteiger charge is -2.07. The molecule has 2 aromatic carbocycles. The third-order valence-corrected chi connectivity index (χ3v) is 3.82. The minimum atomic E-state index is 0.800. The van der Waals surface area contributed by atoms with E-state index in [-0.39, 0.29) is 0 Å². The Morgan fingerprint density at radius 1 is 1.19 bits per heavy atom. The second-order valence-corrected chi connectivity index (χ2v) is 4.98. The van der Waals surface area contributed by atoms with Crippen molar-refractivity contribution in [3.8, 4) is 16.9 Å². The number of aryl methyl sites for hydroxylation is 1. The Morgan fingerprint density at radius 2 is 2.10 bits per heavy atom. The Hall–Kier alpha value is -2.82. The maximum Gasteiger partial charge on any atom is 0.144 e. The van der Waals surface area contributed by atoms with Gasteiger partial charge in [-0.05, 0) is 29.8 Å². The molecule has 0 amide bonds. The smallest absolute Gasteiger partial charge is 0.144 e. The van der Waals surface area contributed by atoms with E-state index in [9.17, 15) is 0 Å². The minimum Gasteiger partial charge on any atom is -0.494 e. The topological polar surface area (TPSA) is 55.7 Å². The van der Waals surface area contributed by atoms with Gasteiger partial charge in [-0.2, -0.15) is 5.10 Å². The van der Waals surface area contributed by atoms with E-state index in [2.05, 4.69) is 33.3 Å². The molecule has 0 bridgehead atoms. The molecule has 0 fully saturated rings. The first-order chi connectivity index (χ1) is 10.3. The molecule has 2 heterocycles. The molecule has 0 saturated carbocycles. The van der Waals surface area contributed by atoms with Crippen LogP contribution in [-0.4, -0.2) is 26.9 Å². The van der Waals surface area contributed by atoms with Gasteiger partial charge in [0, 0.05) is 18.0 Å². The van der Waals surface area contributed by atoms with Crippen LogP contribution in [0.1, 0.15) is 0 Å². The zero-order chi connectivity index (χ0) is 14.4. The number of fused-ring (bicyclic) bond motifs is 2. The van der Waals surface area contributed by atoms with Crippen LogP contribution in [0.25, 0.3) is 33.1 Å². The molecule has 21 heavy (non-hydrogen) atoms. The van der Waals surface area contributed by atoms with Crippen molar-refractivity contribution < 1.29 is 4.74 Å². The lowest BCUT2D eigenvalue weighted by atomic mass is 10.0. The maximum absolute atomic E-state index is 5.37. The number of nitrogens with zero attached hydrogens (tertiary/aromatic N) is 3. The third-order valence-electron chi connectivity index (χ3n) is 3.82. The Labute approximate surface area is 121 Å². The highest BCUT2D eigenvalue weighted by Crippen LogP contribution is 2.33. The molecule has 5 nitrogen and oxygen atoms in total. The summed E-state index contributed by atoms with van der Waals surface area (Å²) in [7, 11) is 3.61. The first kappa shape index (κ1) is 12.0. The highest BCUT2D eigenvalue weighted by atomic mass is 16.5. The molecule has 0 aliphatic carbocycles. The van der Waals surface area contributed by atoms with Crippen molar-refractivity contribution in [2.45, 2.75) is 0 Å². The largest absolute Gasteiger partial charge is 0.494 e. The Bertz CT molecular complexity index is 951. The summed E-state index contributed by atoms with van der Waals surface area (Å²) in [6.07, 6.45) is 3.57. The van der Waals surface area contributed by atoms with E-state index in [1.807, 2.05) is 30.1 Å². The SMILES string of the molecule is COc1ccc(-c2ccc3c(cnn3C)c2)c2nc[nH]c12. The van der Waals surface area contributed by atoms with Crippen LogP contribution in [0, 0.1) is 0 Å². The van der Waals surface area contributed by atoms with Gasteiger partial charge in [-0.3, -0.25) is 4.68 Å². The molecule has 5 heteroatoms. The van der Waals surface area contributed by atoms with E-state index < -0.39 is 0 Å². The van der Waals surface area contributed by atoms with Gasteiger partial charge >= 0.3 is 0 Å². The molecule has 0 aliphatic rings. The number of imidazole rings is 1. The number of hydrogen-bond donors (Lipinski definition) is 1. The molecule has 0 atom stereocenters. The number of rotatable bonds is 2. The summed E-state index contributed by atoms with van der Waals surface area (Å²) in [5, 5.41) is 5.41. The standard InChI is InChI=1S/C16H14N4O/c1-20-13-5-3-10(7-11(13)8-19-20)12-4-6-14(21-2)16-15(12)17-9-18-16/h3-9H,1-2H3,(H,17,18). The number of benzene rings is 2. The third kappa shape index (κ3) is 1.71. The molecular formula is C16H14N4O. The van der Waals surface area contributed by atoms with E-state index in [1.54, 1.807) is 13.4 Å². The number of nitrogens with one attached hydrogen (secondary N) is 1. The zero-order valence-electron chi connectivity index (χ0n) is 11.8. The Balaban J connectivity index is 1.97. The quantitative estimate of drug-likeness (QED) is 0.613. The molecule has 0 radical (unpaired) electrons. The molecule has 0 saturated heterocycles. The van der Waals surface area contributed by atoms with Crippen LogP contribution in [0.3, 0.4) is 0 Å². The van der Waals surface area contributed by atoms with E-state index in [0.717, 1.165) is 38.8 Å². The summed E-state index contributed by atoms with van der Waals surface area (Å²) in [5.74, 6) is 0.800. The van der Waals surface area contributed by atoms with E-state index in [1.165, 1.54) is 0 Å². The molecule has 104 valence electrons. The Kier molecular flexibility index (Phi) is 2.47. The first-order valence-electron chi connectivity index (χ1n) is 6.70. The number of H-pyrrole nitrogens is 1. The highest BCUT2D eigenvalue weighted by Gasteiger charge is 2.11. The normalized spacial score (nSPS) is 11.3. The van der Waals surface area contributed by atoms with E-state index >= 15 is 0 Å². The van der Waals surface area contributed by atoms with Crippen LogP contribution >= 0.6 is 0 Å². The molecule has 0 aliphatic heterocycles. The number of hydrogen-bond acceptors (Lipinski definition) is 3. The van der Waals surface area contributed by atoms with Gasteiger partial charge in [-0.25, -0.2) is 4.98 Å². The predicted octanol–water partition coefficient (Wildman–Crippen LogP) is 3.13. The number of ether oxygens (including phenoxy) is 1. The second kappa shape index (κ2) is 4.34. The summed E-state index contributed by atoms with van der Waals surface area (Å²) < 4.78 is 7.24. The zero-order valence-corrected chi connectivity index (χ0v) is 11.8. The first-order valence-corrected chi connectivity index (χ1v) is 6.70. The molecule has 0 spiro atoms. The average molecular weight is 278 g/mol. The van der Waals surface area contributed by atoms with Gasteiger partial charge in [0.15, 0.2) is 0 Å². The van der Waals surface area contributed by atoms with Crippen LogP contribution in [-0.2, 0) is 7.05 Å². The summed E-state index contributed by atoms with van der Waals surface area (Å²) >= 11 is 0. The molecule has 0 unspecified atom stereocenters. The van der Waals surface area contributed by atoms with Gasteiger partial charge in [0.2, 0.25) is 0 Å². The summed E-state index contributed by atoms with van der Waals surface area (Å²) in [6, 6.07) is 10.3. The van der Waals surface area contributed by atoms with Crippen molar-refractivity contribution in [2.24, 2.45) is 7.05 Å². The van der Waals surface area contributed by atoms with Crippen molar-refractivity contribution in [1.29, 1.82) is 0 Å². The van der Waals surface area contributed by atoms with Crippen molar-refractivity contribution in [3.63, 3.8) is 0 Å². The van der Waals surface area contributed by atoms with Gasteiger partial charge in [0.05, 0.1) is 30.7 Å². The lowest BCUT2D eigenvalue weighted by molar-refractivity contribution is 0.419. The highest BCUT2D eigenvalue weighted by molar-refractivity contribution is 5.97. The fourth-order valence-electron chi connectivity index (χ4n) is 2.74. The monoisotopic (exact) mass is 278 g/mol. The molecular weight excluding hydrogens is 264 g/mol. The van der Waals surface area contributed by atoms with Gasteiger partial charge < -0.3 is 9.72 Å². The second-order valence-electron chi connectivity index (χ2n) is 4.98. The van der Waals surface area contributed by atoms with Crippen LogP contribution in [0.5, 0.6) is 5.75 Å². The fraction of sp³-hybridized carbons (Fsp3) is 0.125. The Morgan fingerprint density at radius 3 is 2.95 bits per heavy atom. The number of aromatic nitrogens is 4. The molecule has 4 rings (SSSR count). The number of aromatic amines is 1. The molecule has 4 aromatic rings. The van der Waals surface area contributed by atoms with Crippen LogP contribution in [0.15, 0.2) is 42.9 Å². The van der Waals surface area contributed by atoms with Gasteiger partial charge in [-0.15, -0.1) is 0 Å². The van der Waals surface area contributed by atoms with Gasteiger partial charge in [0.25, 0.3) is 0 Å². The van der Waals surface area contributed by atoms with E-state index in [4.69, 9.17) is 4.74 Å². The predicted molar refractivity (Wildman–Crippen MR) is 82.4 cm³/mol. The summed E-state index contributed by atoms with van der Waals surface area (Å²) in [5.41, 5.74) is 5.15. The lowest BCUT2D eigenvalue weighted by Crippen LogP contribution is -1.89. The van der Waals surface area contributed by atoms with Crippen molar-refractivity contribution in [1.82, 2.24) is 19.7 Å². The van der Waals surface area contributed by atoms with Crippen molar-refractivity contribution in [2.75, 3.05) is 7.11 Å². The minimum absolute atomic E-state index is 0.800. The maximum atomic E-state index is 5.37. The van der Waals surface area contributed by atoms with Crippen LogP contribution in [0.4, 0.5) is 0 Å².